The fourth-order valence-corrected chi connectivity index (χ4v) is 2.92. The summed E-state index contributed by atoms with van der Waals surface area (Å²) in [7, 11) is 0. The lowest BCUT2D eigenvalue weighted by Gasteiger charge is -2.30. The standard InChI is InChI=1S/C16H23NO/c1-15(2,3)14-13(18-10-16(14,4)5)11-6-8-12(17)9-7-11/h6-9H,10,17H2,1-5H3. The minimum atomic E-state index is 0.0922. The molecule has 0 saturated carbocycles. The first-order valence-electron chi connectivity index (χ1n) is 6.46. The van der Waals surface area contributed by atoms with Crippen molar-refractivity contribution in [1.82, 2.24) is 0 Å². The molecule has 1 aromatic rings. The van der Waals surface area contributed by atoms with Crippen molar-refractivity contribution in [2.45, 2.75) is 34.6 Å². The molecule has 0 aliphatic carbocycles. The molecule has 0 atom stereocenters. The molecule has 0 amide bonds. The van der Waals surface area contributed by atoms with E-state index in [1.54, 1.807) is 0 Å². The van der Waals surface area contributed by atoms with Gasteiger partial charge in [-0.25, -0.2) is 0 Å². The van der Waals surface area contributed by atoms with Crippen molar-refractivity contribution in [2.75, 3.05) is 12.3 Å². The van der Waals surface area contributed by atoms with Crippen molar-refractivity contribution in [2.24, 2.45) is 10.8 Å². The molecule has 0 fully saturated rings. The number of ether oxygens (including phenoxy) is 1. The first-order valence-corrected chi connectivity index (χ1v) is 6.46. The maximum absolute atomic E-state index is 5.97. The largest absolute Gasteiger partial charge is 0.492 e. The average molecular weight is 245 g/mol. The molecule has 0 radical (unpaired) electrons. The van der Waals surface area contributed by atoms with Gasteiger partial charge >= 0.3 is 0 Å². The number of rotatable bonds is 1. The predicted molar refractivity (Wildman–Crippen MR) is 77.0 cm³/mol. The first-order chi connectivity index (χ1) is 8.22. The Morgan fingerprint density at radius 1 is 1.11 bits per heavy atom. The molecule has 98 valence electrons. The molecule has 2 heteroatoms. The van der Waals surface area contributed by atoms with E-state index >= 15 is 0 Å². The highest BCUT2D eigenvalue weighted by molar-refractivity contribution is 5.68. The van der Waals surface area contributed by atoms with Gasteiger partial charge in [-0.15, -0.1) is 0 Å². The van der Waals surface area contributed by atoms with Crippen LogP contribution in [-0.2, 0) is 4.74 Å². The Kier molecular flexibility index (Phi) is 2.92. The summed E-state index contributed by atoms with van der Waals surface area (Å²) in [6, 6.07) is 7.93. The predicted octanol–water partition coefficient (Wildman–Crippen LogP) is 4.08. The number of hydrogen-bond acceptors (Lipinski definition) is 2. The summed E-state index contributed by atoms with van der Waals surface area (Å²) in [4.78, 5) is 0. The minimum absolute atomic E-state index is 0.0922. The monoisotopic (exact) mass is 245 g/mol. The lowest BCUT2D eigenvalue weighted by Crippen LogP contribution is -2.24. The van der Waals surface area contributed by atoms with Crippen LogP contribution in [0.25, 0.3) is 5.76 Å². The van der Waals surface area contributed by atoms with Gasteiger partial charge in [-0.05, 0) is 35.3 Å². The van der Waals surface area contributed by atoms with E-state index in [1.165, 1.54) is 5.57 Å². The van der Waals surface area contributed by atoms with Gasteiger partial charge < -0.3 is 10.5 Å². The second-order valence-corrected chi connectivity index (χ2v) is 6.75. The topological polar surface area (TPSA) is 35.2 Å². The third kappa shape index (κ3) is 2.24. The highest BCUT2D eigenvalue weighted by atomic mass is 16.5. The van der Waals surface area contributed by atoms with E-state index in [-0.39, 0.29) is 10.8 Å². The Hall–Kier alpha value is -1.44. The van der Waals surface area contributed by atoms with E-state index in [0.29, 0.717) is 0 Å². The van der Waals surface area contributed by atoms with Crippen LogP contribution in [0.3, 0.4) is 0 Å². The summed E-state index contributed by atoms with van der Waals surface area (Å²) in [5, 5.41) is 0. The van der Waals surface area contributed by atoms with Gasteiger partial charge in [0.1, 0.15) is 5.76 Å². The van der Waals surface area contributed by atoms with Crippen LogP contribution in [0, 0.1) is 10.8 Å². The van der Waals surface area contributed by atoms with Crippen LogP contribution in [0.1, 0.15) is 40.2 Å². The molecule has 0 bridgehead atoms. The molecule has 1 heterocycles. The van der Waals surface area contributed by atoms with Crippen LogP contribution in [0.4, 0.5) is 5.69 Å². The zero-order valence-electron chi connectivity index (χ0n) is 12.0. The minimum Gasteiger partial charge on any atom is -0.492 e. The molecule has 2 rings (SSSR count). The lowest BCUT2D eigenvalue weighted by atomic mass is 9.71. The van der Waals surface area contributed by atoms with Crippen molar-refractivity contribution in [3.05, 3.63) is 35.4 Å². The van der Waals surface area contributed by atoms with Crippen molar-refractivity contribution in [3.63, 3.8) is 0 Å². The van der Waals surface area contributed by atoms with Gasteiger partial charge in [0.25, 0.3) is 0 Å². The molecule has 1 aliphatic rings. The summed E-state index contributed by atoms with van der Waals surface area (Å²) >= 11 is 0. The average Bonchev–Trinajstić information content (AvgIpc) is 2.54. The van der Waals surface area contributed by atoms with Crippen LogP contribution in [0.5, 0.6) is 0 Å². The van der Waals surface area contributed by atoms with Crippen LogP contribution in [0.15, 0.2) is 29.8 Å². The van der Waals surface area contributed by atoms with E-state index in [9.17, 15) is 0 Å². The highest BCUT2D eigenvalue weighted by Crippen LogP contribution is 2.49. The van der Waals surface area contributed by atoms with E-state index < -0.39 is 0 Å². The molecule has 0 aromatic heterocycles. The number of nitrogen functional groups attached to an aromatic ring is 1. The Morgan fingerprint density at radius 2 is 1.67 bits per heavy atom. The quantitative estimate of drug-likeness (QED) is 0.756. The fourth-order valence-electron chi connectivity index (χ4n) is 2.92. The van der Waals surface area contributed by atoms with Gasteiger partial charge in [0, 0.05) is 16.7 Å². The summed E-state index contributed by atoms with van der Waals surface area (Å²) in [6.07, 6.45) is 0. The second-order valence-electron chi connectivity index (χ2n) is 6.75. The Morgan fingerprint density at radius 3 is 2.17 bits per heavy atom. The van der Waals surface area contributed by atoms with E-state index in [1.807, 2.05) is 24.3 Å². The fraction of sp³-hybridized carbons (Fsp3) is 0.500. The molecule has 0 spiro atoms. The normalized spacial score (nSPS) is 18.9. The van der Waals surface area contributed by atoms with Crippen LogP contribution in [-0.4, -0.2) is 6.61 Å². The van der Waals surface area contributed by atoms with Gasteiger partial charge in [0.2, 0.25) is 0 Å². The van der Waals surface area contributed by atoms with E-state index in [2.05, 4.69) is 34.6 Å². The summed E-state index contributed by atoms with van der Waals surface area (Å²) < 4.78 is 5.97. The number of benzene rings is 1. The SMILES string of the molecule is CC(C)(C)C1=C(c2ccc(N)cc2)OCC1(C)C. The molecule has 2 nitrogen and oxygen atoms in total. The summed E-state index contributed by atoms with van der Waals surface area (Å²) in [5.41, 5.74) is 9.24. The van der Waals surface area contributed by atoms with Crippen LogP contribution >= 0.6 is 0 Å². The van der Waals surface area contributed by atoms with Gasteiger partial charge in [0.05, 0.1) is 6.61 Å². The summed E-state index contributed by atoms with van der Waals surface area (Å²) in [6.45, 7) is 12.0. The van der Waals surface area contributed by atoms with Crippen molar-refractivity contribution >= 4 is 11.4 Å². The lowest BCUT2D eigenvalue weighted by molar-refractivity contribution is 0.213. The summed E-state index contributed by atoms with van der Waals surface area (Å²) in [5.74, 6) is 1.03. The smallest absolute Gasteiger partial charge is 0.126 e. The molecule has 0 unspecified atom stereocenters. The van der Waals surface area contributed by atoms with Crippen molar-refractivity contribution in [3.8, 4) is 0 Å². The van der Waals surface area contributed by atoms with Gasteiger partial charge in [0.15, 0.2) is 0 Å². The maximum Gasteiger partial charge on any atom is 0.126 e. The van der Waals surface area contributed by atoms with Gasteiger partial charge in [-0.1, -0.05) is 34.6 Å². The van der Waals surface area contributed by atoms with E-state index in [0.717, 1.165) is 23.6 Å². The molecule has 0 saturated heterocycles. The third-order valence-corrected chi connectivity index (χ3v) is 3.40. The number of anilines is 1. The zero-order valence-corrected chi connectivity index (χ0v) is 12.0. The van der Waals surface area contributed by atoms with Gasteiger partial charge in [-0.3, -0.25) is 0 Å². The molecule has 18 heavy (non-hydrogen) atoms. The van der Waals surface area contributed by atoms with E-state index in [4.69, 9.17) is 10.5 Å². The Bertz CT molecular complexity index is 475. The van der Waals surface area contributed by atoms with Crippen molar-refractivity contribution < 1.29 is 4.74 Å². The Labute approximate surface area is 110 Å². The zero-order chi connectivity index (χ0) is 13.6. The van der Waals surface area contributed by atoms with Crippen molar-refractivity contribution in [1.29, 1.82) is 0 Å². The molecular weight excluding hydrogens is 222 g/mol. The Balaban J connectivity index is 2.56. The third-order valence-electron chi connectivity index (χ3n) is 3.40. The maximum atomic E-state index is 5.97. The highest BCUT2D eigenvalue weighted by Gasteiger charge is 2.41. The van der Waals surface area contributed by atoms with Crippen LogP contribution < -0.4 is 5.73 Å². The molecule has 1 aliphatic heterocycles. The van der Waals surface area contributed by atoms with Crippen LogP contribution in [0.2, 0.25) is 0 Å². The number of nitrogens with two attached hydrogens (primary N) is 1. The molecule has 2 N–H and O–H groups in total. The first kappa shape index (κ1) is 13.0. The molecule has 1 aromatic carbocycles. The number of hydrogen-bond donors (Lipinski definition) is 1. The van der Waals surface area contributed by atoms with Gasteiger partial charge in [-0.2, -0.15) is 0 Å². The second kappa shape index (κ2) is 4.04. The molecular formula is C16H23NO.